The third kappa shape index (κ3) is 7.48. The third-order valence-electron chi connectivity index (χ3n) is 4.27. The molecule has 1 saturated heterocycles. The van der Waals surface area contributed by atoms with Crippen LogP contribution in [0.3, 0.4) is 0 Å². The first kappa shape index (κ1) is 19.3. The van der Waals surface area contributed by atoms with Crippen molar-refractivity contribution >= 4 is 5.96 Å². The van der Waals surface area contributed by atoms with E-state index in [0.29, 0.717) is 0 Å². The Bertz CT molecular complexity index is 314. The van der Waals surface area contributed by atoms with E-state index in [0.717, 1.165) is 37.4 Å². The van der Waals surface area contributed by atoms with E-state index < -0.39 is 0 Å². The molecule has 1 N–H and O–H groups in total. The second-order valence-electron chi connectivity index (χ2n) is 7.13. The third-order valence-corrected chi connectivity index (χ3v) is 4.27. The van der Waals surface area contributed by atoms with Gasteiger partial charge in [0, 0.05) is 39.8 Å². The lowest BCUT2D eigenvalue weighted by molar-refractivity contribution is 0.162. The van der Waals surface area contributed by atoms with Crippen LogP contribution < -0.4 is 5.32 Å². The molecule has 130 valence electrons. The Morgan fingerprint density at radius 3 is 2.77 bits per heavy atom. The lowest BCUT2D eigenvalue weighted by atomic mass is 9.97. The van der Waals surface area contributed by atoms with Crippen molar-refractivity contribution in [1.29, 1.82) is 0 Å². The molecule has 1 rings (SSSR count). The van der Waals surface area contributed by atoms with Crippen LogP contribution in [-0.4, -0.2) is 62.1 Å². The fraction of sp³-hybridized carbons (Fsp3) is 0.944. The normalized spacial score (nSPS) is 20.5. The SMILES string of the molecule is CCCCN(C)C(=NCC1CCCN(CC(C)C)C1)NCC. The van der Waals surface area contributed by atoms with E-state index in [2.05, 4.69) is 49.9 Å². The minimum atomic E-state index is 0.723. The first-order chi connectivity index (χ1) is 10.6. The van der Waals surface area contributed by atoms with Gasteiger partial charge in [-0.25, -0.2) is 0 Å². The first-order valence-corrected chi connectivity index (χ1v) is 9.28. The van der Waals surface area contributed by atoms with Crippen molar-refractivity contribution in [1.82, 2.24) is 15.1 Å². The summed E-state index contributed by atoms with van der Waals surface area (Å²) < 4.78 is 0. The van der Waals surface area contributed by atoms with Crippen LogP contribution in [0.25, 0.3) is 0 Å². The Kier molecular flexibility index (Phi) is 9.53. The number of hydrogen-bond donors (Lipinski definition) is 1. The van der Waals surface area contributed by atoms with Crippen molar-refractivity contribution in [2.45, 2.75) is 53.4 Å². The predicted molar refractivity (Wildman–Crippen MR) is 97.5 cm³/mol. The second kappa shape index (κ2) is 10.9. The van der Waals surface area contributed by atoms with Crippen LogP contribution in [0.1, 0.15) is 53.4 Å². The molecule has 1 unspecified atom stereocenters. The van der Waals surface area contributed by atoms with E-state index in [-0.39, 0.29) is 0 Å². The topological polar surface area (TPSA) is 30.9 Å². The van der Waals surface area contributed by atoms with Crippen LogP contribution in [-0.2, 0) is 0 Å². The maximum absolute atomic E-state index is 4.91. The number of rotatable bonds is 8. The molecular formula is C18H38N4. The number of hydrogen-bond acceptors (Lipinski definition) is 2. The summed E-state index contributed by atoms with van der Waals surface area (Å²) in [6.45, 7) is 15.7. The van der Waals surface area contributed by atoms with Gasteiger partial charge in [0.15, 0.2) is 5.96 Å². The van der Waals surface area contributed by atoms with Gasteiger partial charge in [0.25, 0.3) is 0 Å². The summed E-state index contributed by atoms with van der Waals surface area (Å²) in [6.07, 6.45) is 5.12. The fourth-order valence-electron chi connectivity index (χ4n) is 3.17. The smallest absolute Gasteiger partial charge is 0.193 e. The highest BCUT2D eigenvalue weighted by atomic mass is 15.3. The molecule has 22 heavy (non-hydrogen) atoms. The molecule has 0 aromatic rings. The first-order valence-electron chi connectivity index (χ1n) is 9.28. The molecular weight excluding hydrogens is 272 g/mol. The van der Waals surface area contributed by atoms with Crippen LogP contribution in [0.2, 0.25) is 0 Å². The van der Waals surface area contributed by atoms with Crippen molar-refractivity contribution in [3.05, 3.63) is 0 Å². The molecule has 0 amide bonds. The number of nitrogens with zero attached hydrogens (tertiary/aromatic N) is 3. The van der Waals surface area contributed by atoms with Gasteiger partial charge in [-0.05, 0) is 44.6 Å². The zero-order valence-corrected chi connectivity index (χ0v) is 15.6. The summed E-state index contributed by atoms with van der Waals surface area (Å²) in [7, 11) is 2.16. The molecule has 4 nitrogen and oxygen atoms in total. The summed E-state index contributed by atoms with van der Waals surface area (Å²) in [6, 6.07) is 0. The van der Waals surface area contributed by atoms with Crippen molar-refractivity contribution in [2.24, 2.45) is 16.8 Å². The summed E-state index contributed by atoms with van der Waals surface area (Å²) in [5.74, 6) is 2.57. The Morgan fingerprint density at radius 1 is 1.36 bits per heavy atom. The Labute approximate surface area is 138 Å². The highest BCUT2D eigenvalue weighted by molar-refractivity contribution is 5.79. The molecule has 0 bridgehead atoms. The van der Waals surface area contributed by atoms with Gasteiger partial charge >= 0.3 is 0 Å². The van der Waals surface area contributed by atoms with Gasteiger partial charge < -0.3 is 15.1 Å². The van der Waals surface area contributed by atoms with E-state index in [9.17, 15) is 0 Å². The molecule has 0 aromatic heterocycles. The average Bonchev–Trinajstić information content (AvgIpc) is 2.48. The lowest BCUT2D eigenvalue weighted by Crippen LogP contribution is -2.41. The fourth-order valence-corrected chi connectivity index (χ4v) is 3.17. The van der Waals surface area contributed by atoms with Gasteiger partial charge in [-0.1, -0.05) is 27.2 Å². The van der Waals surface area contributed by atoms with E-state index in [1.54, 1.807) is 0 Å². The average molecular weight is 311 g/mol. The largest absolute Gasteiger partial charge is 0.357 e. The molecule has 1 atom stereocenters. The van der Waals surface area contributed by atoms with Crippen LogP contribution in [0, 0.1) is 11.8 Å². The zero-order chi connectivity index (χ0) is 16.4. The van der Waals surface area contributed by atoms with Crippen molar-refractivity contribution in [3.63, 3.8) is 0 Å². The summed E-state index contributed by atoms with van der Waals surface area (Å²) in [5.41, 5.74) is 0. The molecule has 1 fully saturated rings. The lowest BCUT2D eigenvalue weighted by Gasteiger charge is -2.33. The monoisotopic (exact) mass is 310 g/mol. The number of guanidine groups is 1. The number of piperidine rings is 1. The number of aliphatic imine (C=N–C) groups is 1. The number of likely N-dealkylation sites (tertiary alicyclic amines) is 1. The van der Waals surface area contributed by atoms with Crippen molar-refractivity contribution in [2.75, 3.05) is 46.3 Å². The highest BCUT2D eigenvalue weighted by Gasteiger charge is 2.20. The van der Waals surface area contributed by atoms with E-state index in [1.807, 2.05) is 0 Å². The van der Waals surface area contributed by atoms with Gasteiger partial charge in [0.2, 0.25) is 0 Å². The minimum absolute atomic E-state index is 0.723. The van der Waals surface area contributed by atoms with Crippen LogP contribution in [0.4, 0.5) is 0 Å². The predicted octanol–water partition coefficient (Wildman–Crippen LogP) is 3.05. The number of nitrogens with one attached hydrogen (secondary N) is 1. The standard InChI is InChI=1S/C18H38N4/c1-6-8-11-21(5)18(19-7-2)20-13-17-10-9-12-22(15-17)14-16(3)4/h16-17H,6-15H2,1-5H3,(H,19,20). The van der Waals surface area contributed by atoms with Crippen molar-refractivity contribution < 1.29 is 0 Å². The van der Waals surface area contributed by atoms with Crippen LogP contribution >= 0.6 is 0 Å². The molecule has 0 spiro atoms. The Morgan fingerprint density at radius 2 is 2.14 bits per heavy atom. The van der Waals surface area contributed by atoms with Crippen LogP contribution in [0.5, 0.6) is 0 Å². The molecule has 4 heteroatoms. The van der Waals surface area contributed by atoms with Gasteiger partial charge in [0.1, 0.15) is 0 Å². The minimum Gasteiger partial charge on any atom is -0.357 e. The Balaban J connectivity index is 2.50. The summed E-state index contributed by atoms with van der Waals surface area (Å²) >= 11 is 0. The summed E-state index contributed by atoms with van der Waals surface area (Å²) in [4.78, 5) is 9.81. The highest BCUT2D eigenvalue weighted by Crippen LogP contribution is 2.18. The van der Waals surface area contributed by atoms with E-state index >= 15 is 0 Å². The maximum atomic E-state index is 4.91. The van der Waals surface area contributed by atoms with Gasteiger partial charge in [-0.2, -0.15) is 0 Å². The molecule has 0 aromatic carbocycles. The molecule has 0 saturated carbocycles. The van der Waals surface area contributed by atoms with Gasteiger partial charge in [0.05, 0.1) is 0 Å². The maximum Gasteiger partial charge on any atom is 0.193 e. The van der Waals surface area contributed by atoms with Crippen LogP contribution in [0.15, 0.2) is 4.99 Å². The quantitative estimate of drug-likeness (QED) is 0.552. The number of unbranched alkanes of at least 4 members (excludes halogenated alkanes) is 1. The Hall–Kier alpha value is -0.770. The summed E-state index contributed by atoms with van der Waals surface area (Å²) in [5, 5.41) is 3.44. The molecule has 1 aliphatic heterocycles. The van der Waals surface area contributed by atoms with E-state index in [1.165, 1.54) is 45.3 Å². The molecule has 0 aliphatic carbocycles. The van der Waals surface area contributed by atoms with Crippen molar-refractivity contribution in [3.8, 4) is 0 Å². The molecule has 1 aliphatic rings. The second-order valence-corrected chi connectivity index (χ2v) is 7.13. The van der Waals surface area contributed by atoms with Gasteiger partial charge in [-0.15, -0.1) is 0 Å². The molecule has 1 heterocycles. The van der Waals surface area contributed by atoms with E-state index in [4.69, 9.17) is 4.99 Å². The van der Waals surface area contributed by atoms with Gasteiger partial charge in [-0.3, -0.25) is 4.99 Å². The molecule has 0 radical (unpaired) electrons. The zero-order valence-electron chi connectivity index (χ0n) is 15.6.